The van der Waals surface area contributed by atoms with E-state index in [2.05, 4.69) is 12.1 Å². The number of hydrogen-bond acceptors (Lipinski definition) is 2. The number of amides is 1. The molecule has 0 N–H and O–H groups in total. The minimum Gasteiger partial charge on any atom is -0.298 e. The molecule has 1 saturated carbocycles. The van der Waals surface area contributed by atoms with Crippen LogP contribution in [0.4, 0.5) is 0 Å². The normalized spacial score (nSPS) is 28.6. The van der Waals surface area contributed by atoms with Crippen molar-refractivity contribution in [3.63, 3.8) is 0 Å². The quantitative estimate of drug-likeness (QED) is 0.782. The Balaban J connectivity index is 1.89. The Morgan fingerprint density at radius 1 is 1.20 bits per heavy atom. The van der Waals surface area contributed by atoms with E-state index in [9.17, 15) is 10.1 Å². The van der Waals surface area contributed by atoms with E-state index < -0.39 is 0 Å². The topological polar surface area (TPSA) is 44.1 Å². The second-order valence-electron chi connectivity index (χ2n) is 5.61. The predicted molar refractivity (Wildman–Crippen MR) is 76.6 cm³/mol. The fraction of sp³-hybridized carbons (Fsp3) is 0.412. The second kappa shape index (κ2) is 5.50. The number of benzene rings is 1. The number of nitriles is 1. The summed E-state index contributed by atoms with van der Waals surface area (Å²) in [4.78, 5) is 14.2. The van der Waals surface area contributed by atoms with Gasteiger partial charge < -0.3 is 0 Å². The summed E-state index contributed by atoms with van der Waals surface area (Å²) in [6, 6.07) is 11.2. The molecule has 0 aromatic heterocycles. The molecular weight excluding hydrogens is 248 g/mol. The molecule has 3 rings (SSSR count). The van der Waals surface area contributed by atoms with Crippen LogP contribution in [-0.4, -0.2) is 16.8 Å². The van der Waals surface area contributed by atoms with Gasteiger partial charge in [-0.3, -0.25) is 9.69 Å². The molecule has 0 unspecified atom stereocenters. The van der Waals surface area contributed by atoms with E-state index in [1.54, 1.807) is 17.0 Å². The van der Waals surface area contributed by atoms with E-state index in [-0.39, 0.29) is 11.9 Å². The molecule has 1 amide bonds. The summed E-state index contributed by atoms with van der Waals surface area (Å²) in [6.07, 6.45) is 8.55. The van der Waals surface area contributed by atoms with Gasteiger partial charge in [0.15, 0.2) is 0 Å². The average Bonchev–Trinajstić information content (AvgIpc) is 2.54. The van der Waals surface area contributed by atoms with Crippen molar-refractivity contribution >= 4 is 5.91 Å². The Hall–Kier alpha value is -2.08. The van der Waals surface area contributed by atoms with Gasteiger partial charge in [0, 0.05) is 11.8 Å². The molecule has 1 fully saturated rings. The Kier molecular flexibility index (Phi) is 3.56. The minimum atomic E-state index is -0.321. The van der Waals surface area contributed by atoms with E-state index in [4.69, 9.17) is 0 Å². The molecule has 0 spiro atoms. The summed E-state index contributed by atoms with van der Waals surface area (Å²) in [5.41, 5.74) is 0.645. The lowest BCUT2D eigenvalue weighted by Gasteiger charge is -2.40. The Morgan fingerprint density at radius 2 is 1.95 bits per heavy atom. The van der Waals surface area contributed by atoms with Crippen LogP contribution in [0, 0.1) is 23.2 Å². The summed E-state index contributed by atoms with van der Waals surface area (Å²) in [5.74, 6) is 0.692. The molecule has 2 aliphatic rings. The highest BCUT2D eigenvalue weighted by molar-refractivity contribution is 5.95. The number of allylic oxidation sites excluding steroid dienone is 1. The number of carbonyl (C=O) groups is 1. The van der Waals surface area contributed by atoms with Crippen LogP contribution in [-0.2, 0) is 0 Å². The standard InChI is InChI=1S/C17H18N2O/c18-12-16-15-9-5-4-6-13(15)10-11-19(16)17(20)14-7-2-1-3-8-14/h1-3,7-8,10-11,13,15-16H,4-6,9H2/t13-,15+,16+/m1/s1. The molecule has 3 nitrogen and oxygen atoms in total. The lowest BCUT2D eigenvalue weighted by Crippen LogP contribution is -2.46. The molecule has 0 radical (unpaired) electrons. The van der Waals surface area contributed by atoms with Gasteiger partial charge in [-0.25, -0.2) is 0 Å². The van der Waals surface area contributed by atoms with Crippen molar-refractivity contribution in [3.05, 3.63) is 48.2 Å². The fourth-order valence-corrected chi connectivity index (χ4v) is 3.40. The van der Waals surface area contributed by atoms with Gasteiger partial charge in [0.05, 0.1) is 6.07 Å². The van der Waals surface area contributed by atoms with Crippen LogP contribution in [0.3, 0.4) is 0 Å². The van der Waals surface area contributed by atoms with Crippen molar-refractivity contribution in [1.82, 2.24) is 4.90 Å². The predicted octanol–water partition coefficient (Wildman–Crippen LogP) is 3.35. The number of carbonyl (C=O) groups excluding carboxylic acids is 1. The van der Waals surface area contributed by atoms with Crippen molar-refractivity contribution in [2.45, 2.75) is 31.7 Å². The first-order valence-corrected chi connectivity index (χ1v) is 7.27. The first kappa shape index (κ1) is 12.9. The van der Waals surface area contributed by atoms with Gasteiger partial charge >= 0.3 is 0 Å². The Morgan fingerprint density at radius 3 is 2.70 bits per heavy atom. The molecular formula is C17H18N2O. The zero-order valence-corrected chi connectivity index (χ0v) is 11.4. The second-order valence-corrected chi connectivity index (χ2v) is 5.61. The van der Waals surface area contributed by atoms with Gasteiger partial charge in [-0.15, -0.1) is 0 Å². The van der Waals surface area contributed by atoms with E-state index in [0.717, 1.165) is 12.8 Å². The maximum atomic E-state index is 12.6. The number of rotatable bonds is 1. The monoisotopic (exact) mass is 266 g/mol. The highest BCUT2D eigenvalue weighted by atomic mass is 16.2. The first-order valence-electron chi connectivity index (χ1n) is 7.27. The summed E-state index contributed by atoms with van der Waals surface area (Å²) in [5, 5.41) is 9.52. The van der Waals surface area contributed by atoms with E-state index in [1.807, 2.05) is 24.4 Å². The van der Waals surface area contributed by atoms with E-state index in [1.165, 1.54) is 12.8 Å². The van der Waals surface area contributed by atoms with Crippen LogP contribution in [0.2, 0.25) is 0 Å². The van der Waals surface area contributed by atoms with Gasteiger partial charge in [-0.05, 0) is 36.8 Å². The molecule has 0 bridgehead atoms. The van der Waals surface area contributed by atoms with Gasteiger partial charge in [0.25, 0.3) is 5.91 Å². The molecule has 1 aromatic carbocycles. The highest BCUT2D eigenvalue weighted by Gasteiger charge is 2.38. The maximum absolute atomic E-state index is 12.6. The largest absolute Gasteiger partial charge is 0.298 e. The zero-order valence-electron chi connectivity index (χ0n) is 11.4. The minimum absolute atomic E-state index is 0.0718. The Labute approximate surface area is 119 Å². The molecule has 3 heteroatoms. The zero-order chi connectivity index (χ0) is 13.9. The third-order valence-electron chi connectivity index (χ3n) is 4.46. The van der Waals surface area contributed by atoms with Crippen molar-refractivity contribution in [1.29, 1.82) is 5.26 Å². The first-order chi connectivity index (χ1) is 9.81. The van der Waals surface area contributed by atoms with E-state index >= 15 is 0 Å². The SMILES string of the molecule is N#C[C@H]1[C@H]2CCCC[C@@H]2C=CN1C(=O)c1ccccc1. The van der Waals surface area contributed by atoms with Crippen LogP contribution in [0.1, 0.15) is 36.0 Å². The van der Waals surface area contributed by atoms with E-state index in [0.29, 0.717) is 17.4 Å². The van der Waals surface area contributed by atoms with Crippen LogP contribution in [0.15, 0.2) is 42.6 Å². The molecule has 1 aliphatic heterocycles. The lowest BCUT2D eigenvalue weighted by molar-refractivity contribution is 0.0687. The molecule has 20 heavy (non-hydrogen) atoms. The molecule has 1 aromatic rings. The van der Waals surface area contributed by atoms with Crippen molar-refractivity contribution in [3.8, 4) is 6.07 Å². The van der Waals surface area contributed by atoms with Crippen LogP contribution in [0.5, 0.6) is 0 Å². The molecule has 102 valence electrons. The van der Waals surface area contributed by atoms with Crippen molar-refractivity contribution in [2.75, 3.05) is 0 Å². The fourth-order valence-electron chi connectivity index (χ4n) is 3.40. The lowest BCUT2D eigenvalue weighted by atomic mass is 9.73. The average molecular weight is 266 g/mol. The molecule has 3 atom stereocenters. The molecule has 1 heterocycles. The van der Waals surface area contributed by atoms with Crippen LogP contribution < -0.4 is 0 Å². The van der Waals surface area contributed by atoms with Gasteiger partial charge in [-0.1, -0.05) is 37.1 Å². The summed E-state index contributed by atoms with van der Waals surface area (Å²) < 4.78 is 0. The van der Waals surface area contributed by atoms with Crippen molar-refractivity contribution in [2.24, 2.45) is 11.8 Å². The van der Waals surface area contributed by atoms with Crippen molar-refractivity contribution < 1.29 is 4.79 Å². The van der Waals surface area contributed by atoms with Gasteiger partial charge in [0.1, 0.15) is 6.04 Å². The number of hydrogen-bond donors (Lipinski definition) is 0. The number of nitrogens with zero attached hydrogens (tertiary/aromatic N) is 2. The number of fused-ring (bicyclic) bond motifs is 1. The maximum Gasteiger partial charge on any atom is 0.258 e. The Bertz CT molecular complexity index is 558. The summed E-state index contributed by atoms with van der Waals surface area (Å²) in [6.45, 7) is 0. The summed E-state index contributed by atoms with van der Waals surface area (Å²) in [7, 11) is 0. The third kappa shape index (κ3) is 2.22. The molecule has 0 saturated heterocycles. The van der Waals surface area contributed by atoms with Gasteiger partial charge in [-0.2, -0.15) is 5.26 Å². The van der Waals surface area contributed by atoms with Crippen LogP contribution in [0.25, 0.3) is 0 Å². The van der Waals surface area contributed by atoms with Crippen LogP contribution >= 0.6 is 0 Å². The highest BCUT2D eigenvalue weighted by Crippen LogP contribution is 2.38. The molecule has 1 aliphatic carbocycles. The third-order valence-corrected chi connectivity index (χ3v) is 4.46. The van der Waals surface area contributed by atoms with Gasteiger partial charge in [0.2, 0.25) is 0 Å². The smallest absolute Gasteiger partial charge is 0.258 e. The summed E-state index contributed by atoms with van der Waals surface area (Å²) >= 11 is 0.